The maximum Gasteiger partial charge on any atom is 0.108 e. The largest absolute Gasteiger partial charge is 0.466 e. The van der Waals surface area contributed by atoms with Gasteiger partial charge in [-0.3, -0.25) is 0 Å². The average molecular weight is 241 g/mol. The van der Waals surface area contributed by atoms with E-state index in [0.717, 1.165) is 35.4 Å². The van der Waals surface area contributed by atoms with Gasteiger partial charge in [-0.15, -0.1) is 0 Å². The lowest BCUT2D eigenvalue weighted by Gasteiger charge is -1.99. The van der Waals surface area contributed by atoms with Crippen LogP contribution < -0.4 is 5.73 Å². The van der Waals surface area contributed by atoms with Crippen LogP contribution in [0, 0.1) is 0 Å². The Morgan fingerprint density at radius 3 is 2.94 bits per heavy atom. The lowest BCUT2D eigenvalue weighted by Crippen LogP contribution is -2.01. The quantitative estimate of drug-likeness (QED) is 0.736. The molecule has 4 nitrogen and oxygen atoms in total. The minimum absolute atomic E-state index is 0.618. The van der Waals surface area contributed by atoms with Gasteiger partial charge in [0.2, 0.25) is 0 Å². The predicted molar refractivity (Wildman–Crippen MR) is 70.4 cm³/mol. The molecule has 1 aromatic carbocycles. The second-order valence-corrected chi connectivity index (χ2v) is 4.34. The van der Waals surface area contributed by atoms with Gasteiger partial charge in [0.25, 0.3) is 0 Å². The zero-order valence-electron chi connectivity index (χ0n) is 10.0. The second kappa shape index (κ2) is 4.66. The molecule has 0 aliphatic rings. The molecule has 2 aromatic heterocycles. The summed E-state index contributed by atoms with van der Waals surface area (Å²) in [7, 11) is 0. The summed E-state index contributed by atoms with van der Waals surface area (Å²) >= 11 is 0. The lowest BCUT2D eigenvalue weighted by molar-refractivity contribution is 0.474. The molecular formula is C14H15N3O. The third-order valence-corrected chi connectivity index (χ3v) is 2.97. The molecule has 0 bridgehead atoms. The van der Waals surface area contributed by atoms with E-state index < -0.39 is 0 Å². The van der Waals surface area contributed by atoms with Crippen LogP contribution in [0.25, 0.3) is 11.0 Å². The van der Waals surface area contributed by atoms with E-state index in [4.69, 9.17) is 10.2 Å². The van der Waals surface area contributed by atoms with Gasteiger partial charge >= 0.3 is 0 Å². The third-order valence-electron chi connectivity index (χ3n) is 2.97. The number of aromatic nitrogens is 2. The highest BCUT2D eigenvalue weighted by Crippen LogP contribution is 2.17. The molecular weight excluding hydrogens is 226 g/mol. The van der Waals surface area contributed by atoms with E-state index in [2.05, 4.69) is 22.1 Å². The molecule has 0 spiro atoms. The Bertz CT molecular complexity index is 654. The van der Waals surface area contributed by atoms with Crippen molar-refractivity contribution >= 4 is 11.0 Å². The fourth-order valence-corrected chi connectivity index (χ4v) is 2.09. The van der Waals surface area contributed by atoms with Gasteiger partial charge in [-0.1, -0.05) is 6.07 Å². The van der Waals surface area contributed by atoms with Crippen LogP contribution in [0.2, 0.25) is 0 Å². The van der Waals surface area contributed by atoms with Gasteiger partial charge < -0.3 is 15.1 Å². The van der Waals surface area contributed by atoms with Crippen LogP contribution in [-0.4, -0.2) is 16.5 Å². The molecule has 0 aliphatic carbocycles. The average Bonchev–Trinajstić information content (AvgIpc) is 2.98. The van der Waals surface area contributed by atoms with Crippen molar-refractivity contribution in [3.8, 4) is 0 Å². The molecule has 0 radical (unpaired) electrons. The zero-order chi connectivity index (χ0) is 12.4. The van der Waals surface area contributed by atoms with Crippen LogP contribution in [0.4, 0.5) is 0 Å². The van der Waals surface area contributed by atoms with Crippen molar-refractivity contribution in [1.82, 2.24) is 9.97 Å². The smallest absolute Gasteiger partial charge is 0.108 e. The number of benzene rings is 1. The normalized spacial score (nSPS) is 11.2. The molecule has 3 rings (SSSR count). The van der Waals surface area contributed by atoms with Crippen LogP contribution >= 0.6 is 0 Å². The van der Waals surface area contributed by atoms with Crippen molar-refractivity contribution in [3.05, 3.63) is 53.7 Å². The minimum Gasteiger partial charge on any atom is -0.466 e. The second-order valence-electron chi connectivity index (χ2n) is 4.34. The van der Waals surface area contributed by atoms with Crippen molar-refractivity contribution in [2.45, 2.75) is 12.8 Å². The first-order valence-corrected chi connectivity index (χ1v) is 6.05. The zero-order valence-corrected chi connectivity index (χ0v) is 10.0. The van der Waals surface area contributed by atoms with Crippen LogP contribution in [0.5, 0.6) is 0 Å². The number of furan rings is 1. The van der Waals surface area contributed by atoms with Crippen molar-refractivity contribution in [1.29, 1.82) is 0 Å². The monoisotopic (exact) mass is 241 g/mol. The first-order chi connectivity index (χ1) is 8.85. The number of rotatable bonds is 4. The van der Waals surface area contributed by atoms with E-state index in [9.17, 15) is 0 Å². The Balaban J connectivity index is 1.81. The number of nitrogens with two attached hydrogens (primary N) is 1. The van der Waals surface area contributed by atoms with Gasteiger partial charge in [-0.2, -0.15) is 0 Å². The number of hydrogen-bond acceptors (Lipinski definition) is 3. The van der Waals surface area contributed by atoms with Crippen molar-refractivity contribution in [2.75, 3.05) is 6.54 Å². The van der Waals surface area contributed by atoms with Gasteiger partial charge in [0.1, 0.15) is 11.5 Å². The van der Waals surface area contributed by atoms with Gasteiger partial charge in [-0.25, -0.2) is 4.98 Å². The van der Waals surface area contributed by atoms with E-state index in [1.54, 1.807) is 6.33 Å². The standard InChI is InChI=1S/C14H15N3O/c15-6-5-11-2-3-12(18-11)7-10-1-4-13-14(8-10)17-9-16-13/h1-4,8-9H,5-7,15H2,(H,16,17). The number of hydrogen-bond donors (Lipinski definition) is 2. The summed E-state index contributed by atoms with van der Waals surface area (Å²) in [6.45, 7) is 0.618. The van der Waals surface area contributed by atoms with Crippen LogP contribution in [0.15, 0.2) is 41.1 Å². The maximum atomic E-state index is 5.72. The van der Waals surface area contributed by atoms with Crippen molar-refractivity contribution in [2.24, 2.45) is 5.73 Å². The fraction of sp³-hybridized carbons (Fsp3) is 0.214. The Morgan fingerprint density at radius 2 is 2.06 bits per heavy atom. The highest BCUT2D eigenvalue weighted by atomic mass is 16.3. The topological polar surface area (TPSA) is 67.8 Å². The number of H-pyrrole nitrogens is 1. The minimum atomic E-state index is 0.618. The van der Waals surface area contributed by atoms with E-state index >= 15 is 0 Å². The number of fused-ring (bicyclic) bond motifs is 1. The number of imidazole rings is 1. The first-order valence-electron chi connectivity index (χ1n) is 6.05. The Morgan fingerprint density at radius 1 is 1.17 bits per heavy atom. The summed E-state index contributed by atoms with van der Waals surface area (Å²) in [5, 5.41) is 0. The molecule has 2 heterocycles. The summed E-state index contributed by atoms with van der Waals surface area (Å²) in [6.07, 6.45) is 3.29. The molecule has 0 saturated heterocycles. The molecule has 3 N–H and O–H groups in total. The number of nitrogens with one attached hydrogen (secondary N) is 1. The maximum absolute atomic E-state index is 5.72. The highest BCUT2D eigenvalue weighted by Gasteiger charge is 2.04. The highest BCUT2D eigenvalue weighted by molar-refractivity contribution is 5.75. The van der Waals surface area contributed by atoms with Crippen LogP contribution in [0.1, 0.15) is 17.1 Å². The Labute approximate surface area is 105 Å². The summed E-state index contributed by atoms with van der Waals surface area (Å²) in [5.74, 6) is 1.92. The van der Waals surface area contributed by atoms with Gasteiger partial charge in [0, 0.05) is 12.8 Å². The van der Waals surface area contributed by atoms with E-state index in [1.807, 2.05) is 18.2 Å². The lowest BCUT2D eigenvalue weighted by atomic mass is 10.1. The van der Waals surface area contributed by atoms with E-state index in [-0.39, 0.29) is 0 Å². The Hall–Kier alpha value is -2.07. The van der Waals surface area contributed by atoms with Crippen molar-refractivity contribution in [3.63, 3.8) is 0 Å². The first kappa shape index (κ1) is 11.0. The molecule has 0 aliphatic heterocycles. The summed E-state index contributed by atoms with van der Waals surface area (Å²) in [4.78, 5) is 7.32. The number of aromatic amines is 1. The number of nitrogens with zero attached hydrogens (tertiary/aromatic N) is 1. The molecule has 0 amide bonds. The molecule has 0 saturated carbocycles. The molecule has 0 unspecified atom stereocenters. The van der Waals surface area contributed by atoms with E-state index in [1.165, 1.54) is 5.56 Å². The van der Waals surface area contributed by atoms with Gasteiger partial charge in [0.15, 0.2) is 0 Å². The van der Waals surface area contributed by atoms with Gasteiger partial charge in [0.05, 0.1) is 17.4 Å². The summed E-state index contributed by atoms with van der Waals surface area (Å²) < 4.78 is 5.72. The summed E-state index contributed by atoms with van der Waals surface area (Å²) in [5.41, 5.74) is 8.76. The van der Waals surface area contributed by atoms with E-state index in [0.29, 0.717) is 6.54 Å². The van der Waals surface area contributed by atoms with Crippen molar-refractivity contribution < 1.29 is 4.42 Å². The molecule has 0 fully saturated rings. The summed E-state index contributed by atoms with van der Waals surface area (Å²) in [6, 6.07) is 10.2. The molecule has 3 aromatic rings. The Kier molecular flexibility index (Phi) is 2.86. The SMILES string of the molecule is NCCc1ccc(Cc2ccc3nc[nH]c3c2)o1. The molecule has 0 atom stereocenters. The van der Waals surface area contributed by atoms with Crippen LogP contribution in [-0.2, 0) is 12.8 Å². The van der Waals surface area contributed by atoms with Gasteiger partial charge in [-0.05, 0) is 36.4 Å². The molecule has 18 heavy (non-hydrogen) atoms. The fourth-order valence-electron chi connectivity index (χ4n) is 2.09. The molecule has 4 heteroatoms. The van der Waals surface area contributed by atoms with Crippen LogP contribution in [0.3, 0.4) is 0 Å². The predicted octanol–water partition coefficient (Wildman–Crippen LogP) is 2.25. The molecule has 92 valence electrons. The third kappa shape index (κ3) is 2.15.